The quantitative estimate of drug-likeness (QED) is 0.692. The van der Waals surface area contributed by atoms with Crippen LogP contribution in [0.3, 0.4) is 0 Å². The number of halogens is 1. The molecule has 3 N–H and O–H groups in total. The molecule has 0 unspecified atom stereocenters. The number of rotatable bonds is 5. The van der Waals surface area contributed by atoms with Crippen LogP contribution < -0.4 is 16.0 Å². The highest BCUT2D eigenvalue weighted by Gasteiger charge is 2.31. The molecule has 2 fully saturated rings. The number of anilines is 3. The van der Waals surface area contributed by atoms with Gasteiger partial charge in [0.2, 0.25) is 5.91 Å². The van der Waals surface area contributed by atoms with Crippen LogP contribution in [0.2, 0.25) is 0 Å². The van der Waals surface area contributed by atoms with E-state index in [9.17, 15) is 9.59 Å². The molecule has 4 rings (SSSR count). The van der Waals surface area contributed by atoms with E-state index in [0.717, 1.165) is 25.3 Å². The molecule has 10 heteroatoms. The number of amides is 2. The Morgan fingerprint density at radius 2 is 2.17 bits per heavy atom. The van der Waals surface area contributed by atoms with Gasteiger partial charge in [-0.3, -0.25) is 9.59 Å². The first-order chi connectivity index (χ1) is 13.9. The SMILES string of the molecule is CN1CC(CN2CCN(c3cccc(Br)c3NC(=O)c3coc(N)n3)CC2=O)C1. The first-order valence-corrected chi connectivity index (χ1v) is 10.2. The van der Waals surface area contributed by atoms with Crippen molar-refractivity contribution in [3.05, 3.63) is 34.6 Å². The lowest BCUT2D eigenvalue weighted by atomic mass is 10.00. The molecule has 0 saturated carbocycles. The van der Waals surface area contributed by atoms with Gasteiger partial charge in [0.1, 0.15) is 6.26 Å². The van der Waals surface area contributed by atoms with Gasteiger partial charge < -0.3 is 30.2 Å². The summed E-state index contributed by atoms with van der Waals surface area (Å²) in [5.74, 6) is 0.233. The van der Waals surface area contributed by atoms with Crippen LogP contribution in [0.1, 0.15) is 10.5 Å². The van der Waals surface area contributed by atoms with Crippen molar-refractivity contribution in [2.75, 3.05) is 62.3 Å². The number of likely N-dealkylation sites (tertiary alicyclic amines) is 1. The van der Waals surface area contributed by atoms with E-state index in [2.05, 4.69) is 38.2 Å². The zero-order chi connectivity index (χ0) is 20.5. The van der Waals surface area contributed by atoms with E-state index in [-0.39, 0.29) is 24.2 Å². The summed E-state index contributed by atoms with van der Waals surface area (Å²) >= 11 is 3.49. The van der Waals surface area contributed by atoms with Crippen LogP contribution in [0.25, 0.3) is 0 Å². The third-order valence-corrected chi connectivity index (χ3v) is 5.92. The highest BCUT2D eigenvalue weighted by atomic mass is 79.9. The van der Waals surface area contributed by atoms with Gasteiger partial charge >= 0.3 is 0 Å². The average Bonchev–Trinajstić information content (AvgIpc) is 3.10. The molecular weight excluding hydrogens is 440 g/mol. The zero-order valence-corrected chi connectivity index (χ0v) is 17.7. The molecule has 0 radical (unpaired) electrons. The maximum atomic E-state index is 12.7. The molecule has 3 heterocycles. The third-order valence-electron chi connectivity index (χ3n) is 5.26. The Balaban J connectivity index is 1.47. The predicted molar refractivity (Wildman–Crippen MR) is 113 cm³/mol. The number of hydrogen-bond donors (Lipinski definition) is 2. The van der Waals surface area contributed by atoms with Crippen molar-refractivity contribution in [1.29, 1.82) is 0 Å². The van der Waals surface area contributed by atoms with Crippen molar-refractivity contribution in [3.8, 4) is 0 Å². The number of para-hydroxylation sites is 1. The fourth-order valence-electron chi connectivity index (χ4n) is 3.83. The Labute approximate surface area is 177 Å². The average molecular weight is 463 g/mol. The Morgan fingerprint density at radius 3 is 2.83 bits per heavy atom. The number of nitrogens with zero attached hydrogens (tertiary/aromatic N) is 4. The van der Waals surface area contributed by atoms with Gasteiger partial charge in [-0.15, -0.1) is 0 Å². The van der Waals surface area contributed by atoms with Gasteiger partial charge in [-0.05, 0) is 35.1 Å². The van der Waals surface area contributed by atoms with Gasteiger partial charge in [0, 0.05) is 43.1 Å². The monoisotopic (exact) mass is 462 g/mol. The van der Waals surface area contributed by atoms with Gasteiger partial charge in [-0.1, -0.05) is 6.07 Å². The normalized spacial score (nSPS) is 18.1. The second-order valence-electron chi connectivity index (χ2n) is 7.51. The zero-order valence-electron chi connectivity index (χ0n) is 16.1. The molecule has 2 aromatic rings. The first kappa shape index (κ1) is 19.7. The number of piperazine rings is 1. The van der Waals surface area contributed by atoms with E-state index in [1.807, 2.05) is 28.0 Å². The number of carbonyl (C=O) groups excluding carboxylic acids is 2. The van der Waals surface area contributed by atoms with Crippen molar-refractivity contribution >= 4 is 45.1 Å². The summed E-state index contributed by atoms with van der Waals surface area (Å²) in [6.45, 7) is 4.54. The molecule has 2 saturated heterocycles. The second-order valence-corrected chi connectivity index (χ2v) is 8.36. The van der Waals surface area contributed by atoms with E-state index in [1.54, 1.807) is 0 Å². The molecular formula is C19H23BrN6O3. The largest absolute Gasteiger partial charge is 0.431 e. The van der Waals surface area contributed by atoms with Crippen LogP contribution in [-0.2, 0) is 4.79 Å². The third kappa shape index (κ3) is 4.23. The molecule has 154 valence electrons. The van der Waals surface area contributed by atoms with E-state index >= 15 is 0 Å². The summed E-state index contributed by atoms with van der Waals surface area (Å²) in [5, 5.41) is 2.85. The molecule has 0 spiro atoms. The molecule has 9 nitrogen and oxygen atoms in total. The van der Waals surface area contributed by atoms with E-state index < -0.39 is 5.91 Å². The van der Waals surface area contributed by atoms with Crippen molar-refractivity contribution in [2.24, 2.45) is 5.92 Å². The molecule has 1 aromatic carbocycles. The summed E-state index contributed by atoms with van der Waals surface area (Å²) in [6.07, 6.45) is 1.21. The number of benzene rings is 1. The minimum atomic E-state index is -0.433. The van der Waals surface area contributed by atoms with Crippen molar-refractivity contribution in [1.82, 2.24) is 14.8 Å². The lowest BCUT2D eigenvalue weighted by molar-refractivity contribution is -0.132. The Bertz CT molecular complexity index is 926. The van der Waals surface area contributed by atoms with Gasteiger partial charge in [-0.25, -0.2) is 0 Å². The smallest absolute Gasteiger partial charge is 0.292 e. The van der Waals surface area contributed by atoms with Crippen LogP contribution in [0.5, 0.6) is 0 Å². The number of oxazole rings is 1. The summed E-state index contributed by atoms with van der Waals surface area (Å²) in [7, 11) is 2.09. The van der Waals surface area contributed by atoms with Crippen LogP contribution in [0.4, 0.5) is 17.4 Å². The summed E-state index contributed by atoms with van der Waals surface area (Å²) in [6, 6.07) is 5.54. The number of nitrogen functional groups attached to an aromatic ring is 1. The molecule has 2 aliphatic heterocycles. The Kier molecular flexibility index (Phi) is 5.46. The van der Waals surface area contributed by atoms with Gasteiger partial charge in [0.15, 0.2) is 5.69 Å². The number of aromatic nitrogens is 1. The van der Waals surface area contributed by atoms with Crippen molar-refractivity contribution < 1.29 is 14.0 Å². The summed E-state index contributed by atoms with van der Waals surface area (Å²) in [5.41, 5.74) is 6.91. The minimum absolute atomic E-state index is 0.0677. The highest BCUT2D eigenvalue weighted by molar-refractivity contribution is 9.10. The summed E-state index contributed by atoms with van der Waals surface area (Å²) < 4.78 is 5.62. The Morgan fingerprint density at radius 1 is 1.38 bits per heavy atom. The van der Waals surface area contributed by atoms with Crippen LogP contribution in [0, 0.1) is 5.92 Å². The second kappa shape index (κ2) is 8.03. The van der Waals surface area contributed by atoms with E-state index in [1.165, 1.54) is 6.26 Å². The molecule has 2 aliphatic rings. The van der Waals surface area contributed by atoms with Gasteiger partial charge in [-0.2, -0.15) is 4.98 Å². The lowest BCUT2D eigenvalue weighted by Crippen LogP contribution is -2.56. The number of nitrogens with two attached hydrogens (primary N) is 1. The molecule has 0 atom stereocenters. The van der Waals surface area contributed by atoms with E-state index in [0.29, 0.717) is 29.2 Å². The number of nitrogens with one attached hydrogen (secondary N) is 1. The number of hydrogen-bond acceptors (Lipinski definition) is 7. The fourth-order valence-corrected chi connectivity index (χ4v) is 4.29. The number of carbonyl (C=O) groups is 2. The minimum Gasteiger partial charge on any atom is -0.431 e. The van der Waals surface area contributed by atoms with Crippen LogP contribution in [0.15, 0.2) is 33.4 Å². The topological polar surface area (TPSA) is 108 Å². The van der Waals surface area contributed by atoms with Crippen molar-refractivity contribution in [2.45, 2.75) is 0 Å². The van der Waals surface area contributed by atoms with Crippen molar-refractivity contribution in [3.63, 3.8) is 0 Å². The predicted octanol–water partition coefficient (Wildman–Crippen LogP) is 1.48. The molecule has 1 aromatic heterocycles. The fraction of sp³-hybridized carbons (Fsp3) is 0.421. The maximum Gasteiger partial charge on any atom is 0.292 e. The lowest BCUT2D eigenvalue weighted by Gasteiger charge is -2.42. The molecule has 0 bridgehead atoms. The summed E-state index contributed by atoms with van der Waals surface area (Å²) in [4.78, 5) is 35.3. The molecule has 0 aliphatic carbocycles. The standard InChI is InChI=1S/C19H23BrN6O3/c1-24-7-12(8-24)9-26-6-5-25(10-16(26)27)15-4-2-3-13(20)17(15)23-18(28)14-11-29-19(21)22-14/h2-4,11-12H,5-10H2,1H3,(H2,21,22)(H,23,28). The van der Waals surface area contributed by atoms with E-state index in [4.69, 9.17) is 10.2 Å². The maximum absolute atomic E-state index is 12.7. The Hall–Kier alpha value is -2.59. The highest BCUT2D eigenvalue weighted by Crippen LogP contribution is 2.34. The molecule has 29 heavy (non-hydrogen) atoms. The van der Waals surface area contributed by atoms with Crippen LogP contribution >= 0.6 is 15.9 Å². The first-order valence-electron chi connectivity index (χ1n) is 9.43. The van der Waals surface area contributed by atoms with Gasteiger partial charge in [0.25, 0.3) is 11.9 Å². The van der Waals surface area contributed by atoms with Gasteiger partial charge in [0.05, 0.1) is 17.9 Å². The molecule has 2 amide bonds. The van der Waals surface area contributed by atoms with Crippen LogP contribution in [-0.4, -0.2) is 72.9 Å².